The third kappa shape index (κ3) is 8.59. The van der Waals surface area contributed by atoms with E-state index in [-0.39, 0.29) is 6.61 Å². The number of rotatable bonds is 9. The van der Waals surface area contributed by atoms with Gasteiger partial charge in [-0.15, -0.1) is 0 Å². The monoisotopic (exact) mass is 528 g/mol. The molecule has 0 bridgehead atoms. The lowest BCUT2D eigenvalue weighted by Crippen LogP contribution is -3.16. The van der Waals surface area contributed by atoms with Gasteiger partial charge in [0.25, 0.3) is 0 Å². The van der Waals surface area contributed by atoms with Gasteiger partial charge >= 0.3 is 5.97 Å². The first-order valence-corrected chi connectivity index (χ1v) is 11.2. The Morgan fingerprint density at radius 2 is 1.72 bits per heavy atom. The van der Waals surface area contributed by atoms with Gasteiger partial charge in [0.2, 0.25) is 5.75 Å². The maximum absolute atomic E-state index is 10.4. The van der Waals surface area contributed by atoms with Gasteiger partial charge in [-0.2, -0.15) is 0 Å². The fraction of sp³-hybridized carbons (Fsp3) is 0.455. The lowest BCUT2D eigenvalue weighted by molar-refractivity contribution is -0.903. The minimum atomic E-state index is -2.07. The molecule has 1 saturated heterocycles. The van der Waals surface area contributed by atoms with Gasteiger partial charge in [0.05, 0.1) is 59.9 Å². The van der Waals surface area contributed by atoms with Crippen molar-refractivity contribution >= 4 is 29.4 Å². The predicted molar refractivity (Wildman–Crippen MR) is 125 cm³/mol. The molecule has 1 fully saturated rings. The molecule has 1 atom stereocenters. The number of nitrogens with zero attached hydrogens (tertiary/aromatic N) is 3. The number of hydrogen-bond donors (Lipinski definition) is 3. The highest BCUT2D eigenvalue weighted by Gasteiger charge is 2.24. The van der Waals surface area contributed by atoms with Crippen LogP contribution in [-0.4, -0.2) is 98.9 Å². The number of ether oxygens (including phenoxy) is 4. The quantitative estimate of drug-likeness (QED) is 0.310. The summed E-state index contributed by atoms with van der Waals surface area (Å²) < 4.78 is 21.7. The van der Waals surface area contributed by atoms with Gasteiger partial charge in [0, 0.05) is 12.1 Å². The van der Waals surface area contributed by atoms with Crippen LogP contribution in [0, 0.1) is 0 Å². The fourth-order valence-electron chi connectivity index (χ4n) is 3.47. The molecule has 2 aromatic rings. The molecule has 36 heavy (non-hydrogen) atoms. The standard InChI is InChI=1S/C20H27ClN4O5.C2H2O4/c1-27-16-8-15(9-17(28-2)20(16)29-3)30-13-14(26)12-24-4-6-25(7-5-24)19-11-22-10-18(21)23-19;3-1(4)2(5)6/h8-11,14,26H,4-7,12-13H2,1-3H3;(H,3,4)(H,5,6). The molecule has 3 rings (SSSR count). The lowest BCUT2D eigenvalue weighted by Gasteiger charge is -2.33. The summed E-state index contributed by atoms with van der Waals surface area (Å²) in [4.78, 5) is 29.9. The van der Waals surface area contributed by atoms with Gasteiger partial charge in [-0.1, -0.05) is 11.6 Å². The topological polar surface area (TPSA) is 168 Å². The number of benzene rings is 1. The van der Waals surface area contributed by atoms with Crippen molar-refractivity contribution in [3.63, 3.8) is 0 Å². The number of carbonyl (C=O) groups is 2. The number of carboxylic acid groups (broad SMARTS) is 2. The Labute approximate surface area is 212 Å². The Hall–Kier alpha value is -3.55. The minimum absolute atomic E-state index is 0.172. The van der Waals surface area contributed by atoms with E-state index >= 15 is 0 Å². The molecular weight excluding hydrogens is 500 g/mol. The third-order valence-electron chi connectivity index (χ3n) is 5.17. The molecular formula is C22H29ClN4O9. The van der Waals surface area contributed by atoms with Gasteiger partial charge in [-0.25, -0.2) is 9.78 Å². The van der Waals surface area contributed by atoms with Crippen molar-refractivity contribution in [1.82, 2.24) is 9.97 Å². The lowest BCUT2D eigenvalue weighted by atomic mass is 10.2. The number of hydrogen-bond acceptors (Lipinski definition) is 11. The number of nitrogens with one attached hydrogen (secondary N) is 1. The van der Waals surface area contributed by atoms with Gasteiger partial charge < -0.3 is 48.9 Å². The van der Waals surface area contributed by atoms with Crippen LogP contribution < -0.4 is 33.9 Å². The smallest absolute Gasteiger partial charge is 0.351 e. The number of aliphatic carboxylic acids is 2. The van der Waals surface area contributed by atoms with Crippen LogP contribution in [0.25, 0.3) is 0 Å². The zero-order valence-corrected chi connectivity index (χ0v) is 20.9. The largest absolute Gasteiger partial charge is 0.539 e. The van der Waals surface area contributed by atoms with E-state index < -0.39 is 18.0 Å². The van der Waals surface area contributed by atoms with Crippen molar-refractivity contribution in [2.75, 3.05) is 65.6 Å². The zero-order valence-electron chi connectivity index (χ0n) is 20.1. The van der Waals surface area contributed by atoms with Crippen LogP contribution in [0.4, 0.5) is 5.82 Å². The van der Waals surface area contributed by atoms with E-state index in [0.717, 1.165) is 32.0 Å². The fourth-order valence-corrected chi connectivity index (χ4v) is 3.61. The van der Waals surface area contributed by atoms with Crippen molar-refractivity contribution in [2.24, 2.45) is 0 Å². The molecule has 0 aliphatic carbocycles. The van der Waals surface area contributed by atoms with E-state index in [0.29, 0.717) is 34.7 Å². The molecule has 198 valence electrons. The maximum atomic E-state index is 10.4. The highest BCUT2D eigenvalue weighted by molar-refractivity contribution is 6.29. The SMILES string of the molecule is COc1cc(OCC(O)C[NH+]2CCN(c3cncc(Cl)n3)CC2)cc(OC)c1OC.O=C([O-])C(=O)O. The summed E-state index contributed by atoms with van der Waals surface area (Å²) in [5.74, 6) is -1.17. The van der Waals surface area contributed by atoms with Gasteiger partial charge in [0.15, 0.2) is 17.5 Å². The second-order valence-corrected chi connectivity index (χ2v) is 7.95. The molecule has 0 amide bonds. The summed E-state index contributed by atoms with van der Waals surface area (Å²) >= 11 is 5.93. The summed E-state index contributed by atoms with van der Waals surface area (Å²) in [6.45, 7) is 4.19. The van der Waals surface area contributed by atoms with Crippen LogP contribution >= 0.6 is 11.6 Å². The van der Waals surface area contributed by atoms with Crippen LogP contribution in [0.5, 0.6) is 23.0 Å². The van der Waals surface area contributed by atoms with Crippen molar-refractivity contribution in [2.45, 2.75) is 6.10 Å². The zero-order chi connectivity index (χ0) is 26.7. The van der Waals surface area contributed by atoms with Crippen LogP contribution in [0.3, 0.4) is 0 Å². The number of aromatic nitrogens is 2. The number of aliphatic hydroxyl groups excluding tert-OH is 1. The first-order valence-electron chi connectivity index (χ1n) is 10.8. The Kier molecular flexibility index (Phi) is 11.2. The summed E-state index contributed by atoms with van der Waals surface area (Å²) in [6, 6.07) is 3.43. The molecule has 1 aromatic heterocycles. The van der Waals surface area contributed by atoms with E-state index in [2.05, 4.69) is 14.9 Å². The van der Waals surface area contributed by atoms with Crippen molar-refractivity contribution in [3.05, 3.63) is 29.7 Å². The average molecular weight is 529 g/mol. The van der Waals surface area contributed by atoms with E-state index in [4.69, 9.17) is 50.4 Å². The van der Waals surface area contributed by atoms with Crippen molar-refractivity contribution in [1.29, 1.82) is 0 Å². The number of anilines is 1. The van der Waals surface area contributed by atoms with Gasteiger partial charge in [-0.05, 0) is 0 Å². The number of carbonyl (C=O) groups excluding carboxylic acids is 1. The summed E-state index contributed by atoms with van der Waals surface area (Å²) in [6.07, 6.45) is 2.64. The second-order valence-electron chi connectivity index (χ2n) is 7.56. The molecule has 1 aliphatic heterocycles. The number of quaternary nitrogens is 1. The second kappa shape index (κ2) is 14.1. The predicted octanol–water partition coefficient (Wildman–Crippen LogP) is -1.88. The molecule has 0 saturated carbocycles. The van der Waals surface area contributed by atoms with Crippen molar-refractivity contribution in [3.8, 4) is 23.0 Å². The Balaban J connectivity index is 0.000000678. The Bertz CT molecular complexity index is 982. The molecule has 1 unspecified atom stereocenters. The maximum Gasteiger partial charge on any atom is 0.351 e. The molecule has 2 heterocycles. The van der Waals surface area contributed by atoms with Crippen LogP contribution in [0.2, 0.25) is 5.15 Å². The summed E-state index contributed by atoms with van der Waals surface area (Å²) in [5, 5.41) is 27.2. The first kappa shape index (κ1) is 28.7. The number of methoxy groups -OCH3 is 3. The molecule has 14 heteroatoms. The molecule has 3 N–H and O–H groups in total. The van der Waals surface area contributed by atoms with Crippen LogP contribution in [-0.2, 0) is 9.59 Å². The highest BCUT2D eigenvalue weighted by atomic mass is 35.5. The summed E-state index contributed by atoms with van der Waals surface area (Å²) in [7, 11) is 4.65. The normalized spacial score (nSPS) is 14.2. The number of carboxylic acids is 2. The van der Waals surface area contributed by atoms with Crippen LogP contribution in [0.1, 0.15) is 0 Å². The van der Waals surface area contributed by atoms with E-state index in [1.54, 1.807) is 39.7 Å². The number of piperazine rings is 1. The van der Waals surface area contributed by atoms with Gasteiger partial charge in [0.1, 0.15) is 36.0 Å². The molecule has 1 aromatic carbocycles. The Morgan fingerprint density at radius 1 is 1.14 bits per heavy atom. The third-order valence-corrected chi connectivity index (χ3v) is 5.35. The average Bonchev–Trinajstić information content (AvgIpc) is 2.87. The molecule has 0 spiro atoms. The molecule has 0 radical (unpaired) electrons. The minimum Gasteiger partial charge on any atom is -0.539 e. The molecule has 1 aliphatic rings. The van der Waals surface area contributed by atoms with E-state index in [9.17, 15) is 5.11 Å². The van der Waals surface area contributed by atoms with E-state index in [1.807, 2.05) is 0 Å². The highest BCUT2D eigenvalue weighted by Crippen LogP contribution is 2.40. The Morgan fingerprint density at radius 3 is 2.19 bits per heavy atom. The van der Waals surface area contributed by atoms with Gasteiger partial charge in [-0.3, -0.25) is 4.98 Å². The summed E-state index contributed by atoms with van der Waals surface area (Å²) in [5.41, 5.74) is 0. The van der Waals surface area contributed by atoms with E-state index in [1.165, 1.54) is 11.1 Å². The first-order chi connectivity index (χ1) is 17.2. The molecule has 13 nitrogen and oxygen atoms in total. The number of halogens is 1. The van der Waals surface area contributed by atoms with Crippen molar-refractivity contribution < 1.29 is 48.8 Å². The van der Waals surface area contributed by atoms with Crippen LogP contribution in [0.15, 0.2) is 24.5 Å². The number of aliphatic hydroxyl groups is 1.